The second-order valence-corrected chi connectivity index (χ2v) is 3.16. The van der Waals surface area contributed by atoms with E-state index >= 15 is 0 Å². The van der Waals surface area contributed by atoms with Crippen molar-refractivity contribution in [2.75, 3.05) is 13.7 Å². The maximum atomic E-state index is 13.1. The van der Waals surface area contributed by atoms with E-state index < -0.39 is 5.82 Å². The van der Waals surface area contributed by atoms with Crippen LogP contribution in [0.5, 0.6) is 5.75 Å². The summed E-state index contributed by atoms with van der Waals surface area (Å²) in [4.78, 5) is 11.0. The van der Waals surface area contributed by atoms with Gasteiger partial charge in [-0.05, 0) is 19.1 Å². The number of ether oxygens (including phenoxy) is 2. The van der Waals surface area contributed by atoms with Crippen molar-refractivity contribution in [1.29, 1.82) is 0 Å². The highest BCUT2D eigenvalue weighted by Crippen LogP contribution is 2.14. The lowest BCUT2D eigenvalue weighted by Crippen LogP contribution is -2.01. The van der Waals surface area contributed by atoms with E-state index in [0.29, 0.717) is 17.9 Å². The van der Waals surface area contributed by atoms with Crippen molar-refractivity contribution >= 4 is 5.97 Å². The zero-order valence-corrected chi connectivity index (χ0v) is 9.75. The Kier molecular flexibility index (Phi) is 5.02. The first kappa shape index (κ1) is 13.0. The minimum atomic E-state index is -0.426. The molecule has 0 aliphatic carbocycles. The highest BCUT2D eigenvalue weighted by Gasteiger charge is 1.99. The Hall–Kier alpha value is -2.02. The molecule has 0 spiro atoms. The van der Waals surface area contributed by atoms with Crippen LogP contribution < -0.4 is 4.74 Å². The molecule has 0 atom stereocenters. The van der Waals surface area contributed by atoms with Gasteiger partial charge >= 0.3 is 5.97 Å². The Labute approximate surface area is 99.5 Å². The van der Waals surface area contributed by atoms with Crippen LogP contribution in [-0.2, 0) is 9.53 Å². The van der Waals surface area contributed by atoms with E-state index in [2.05, 4.69) is 11.8 Å². The molecule has 0 amide bonds. The molecule has 0 aliphatic rings. The van der Waals surface area contributed by atoms with Gasteiger partial charge in [0, 0.05) is 11.6 Å². The van der Waals surface area contributed by atoms with E-state index in [1.165, 1.54) is 19.2 Å². The highest BCUT2D eigenvalue weighted by atomic mass is 19.1. The predicted octanol–water partition coefficient (Wildman–Crippen LogP) is 2.14. The van der Waals surface area contributed by atoms with Gasteiger partial charge < -0.3 is 9.47 Å². The van der Waals surface area contributed by atoms with Crippen LogP contribution in [0.2, 0.25) is 0 Å². The zero-order chi connectivity index (χ0) is 12.7. The monoisotopic (exact) mass is 236 g/mol. The normalized spacial score (nSPS) is 9.12. The fourth-order valence-corrected chi connectivity index (χ4v) is 1.18. The quantitative estimate of drug-likeness (QED) is 0.595. The average molecular weight is 236 g/mol. The van der Waals surface area contributed by atoms with Crippen molar-refractivity contribution < 1.29 is 18.7 Å². The molecule has 0 unspecified atom stereocenters. The van der Waals surface area contributed by atoms with Gasteiger partial charge in [-0.3, -0.25) is 4.79 Å². The molecule has 90 valence electrons. The molecule has 3 nitrogen and oxygen atoms in total. The van der Waals surface area contributed by atoms with Crippen molar-refractivity contribution in [3.63, 3.8) is 0 Å². The van der Waals surface area contributed by atoms with Crippen LogP contribution in [0.15, 0.2) is 18.2 Å². The number of methoxy groups -OCH3 is 1. The first-order valence-corrected chi connectivity index (χ1v) is 5.14. The minimum Gasteiger partial charge on any atom is -0.497 e. The third kappa shape index (κ3) is 4.56. The topological polar surface area (TPSA) is 35.5 Å². The molecular weight excluding hydrogens is 223 g/mol. The third-order valence-electron chi connectivity index (χ3n) is 1.88. The standard InChI is InChI=1S/C13H13FO3/c1-3-17-13(15)6-4-5-10-7-11(14)9-12(8-10)16-2/h7-9H,3,6H2,1-2H3. The molecule has 0 heterocycles. The molecule has 0 aromatic heterocycles. The molecule has 0 fully saturated rings. The summed E-state index contributed by atoms with van der Waals surface area (Å²) in [6.07, 6.45) is -0.00727. The molecule has 0 N–H and O–H groups in total. The summed E-state index contributed by atoms with van der Waals surface area (Å²) in [6.45, 7) is 2.05. The van der Waals surface area contributed by atoms with Crippen LogP contribution in [-0.4, -0.2) is 19.7 Å². The van der Waals surface area contributed by atoms with Crippen molar-refractivity contribution in [3.05, 3.63) is 29.6 Å². The Morgan fingerprint density at radius 1 is 1.41 bits per heavy atom. The maximum Gasteiger partial charge on any atom is 0.317 e. The van der Waals surface area contributed by atoms with Gasteiger partial charge in [-0.1, -0.05) is 11.8 Å². The van der Waals surface area contributed by atoms with Gasteiger partial charge in [-0.15, -0.1) is 0 Å². The molecule has 4 heteroatoms. The largest absolute Gasteiger partial charge is 0.497 e. The highest BCUT2D eigenvalue weighted by molar-refractivity contribution is 5.72. The van der Waals surface area contributed by atoms with Gasteiger partial charge in [0.2, 0.25) is 0 Å². The Bertz CT molecular complexity index is 457. The van der Waals surface area contributed by atoms with Crippen molar-refractivity contribution in [2.24, 2.45) is 0 Å². The number of carbonyl (C=O) groups excluding carboxylic acids is 1. The lowest BCUT2D eigenvalue weighted by atomic mass is 10.2. The summed E-state index contributed by atoms with van der Waals surface area (Å²) in [7, 11) is 1.45. The summed E-state index contributed by atoms with van der Waals surface area (Å²) in [6, 6.07) is 4.14. The second-order valence-electron chi connectivity index (χ2n) is 3.16. The summed E-state index contributed by atoms with van der Waals surface area (Å²) < 4.78 is 22.7. The van der Waals surface area contributed by atoms with Crippen molar-refractivity contribution in [2.45, 2.75) is 13.3 Å². The van der Waals surface area contributed by atoms with Gasteiger partial charge in [-0.25, -0.2) is 4.39 Å². The Balaban J connectivity index is 2.71. The fourth-order valence-electron chi connectivity index (χ4n) is 1.18. The summed E-state index contributed by atoms with van der Waals surface area (Å²) in [5.74, 6) is 4.88. The second kappa shape index (κ2) is 6.54. The number of halogens is 1. The number of carbonyl (C=O) groups is 1. The molecular formula is C13H13FO3. The molecule has 17 heavy (non-hydrogen) atoms. The minimum absolute atomic E-state index is 0.00727. The molecule has 1 aromatic rings. The fraction of sp³-hybridized carbons (Fsp3) is 0.308. The van der Waals surface area contributed by atoms with E-state index in [1.807, 2.05) is 0 Å². The zero-order valence-electron chi connectivity index (χ0n) is 9.75. The Morgan fingerprint density at radius 3 is 2.82 bits per heavy atom. The number of hydrogen-bond acceptors (Lipinski definition) is 3. The molecule has 0 aliphatic heterocycles. The number of rotatable bonds is 3. The van der Waals surface area contributed by atoms with Gasteiger partial charge in [0.05, 0.1) is 13.7 Å². The smallest absolute Gasteiger partial charge is 0.317 e. The van der Waals surface area contributed by atoms with Crippen LogP contribution in [0.3, 0.4) is 0 Å². The number of hydrogen-bond donors (Lipinski definition) is 0. The van der Waals surface area contributed by atoms with Crippen LogP contribution >= 0.6 is 0 Å². The van der Waals surface area contributed by atoms with Crippen LogP contribution in [0.25, 0.3) is 0 Å². The maximum absolute atomic E-state index is 13.1. The molecule has 0 saturated carbocycles. The predicted molar refractivity (Wildman–Crippen MR) is 61.1 cm³/mol. The molecule has 1 aromatic carbocycles. The molecule has 1 rings (SSSR count). The third-order valence-corrected chi connectivity index (χ3v) is 1.88. The Morgan fingerprint density at radius 2 is 2.18 bits per heavy atom. The van der Waals surface area contributed by atoms with Gasteiger partial charge in [0.15, 0.2) is 0 Å². The molecule has 0 saturated heterocycles. The van der Waals surface area contributed by atoms with Gasteiger partial charge in [0.1, 0.15) is 18.0 Å². The first-order chi connectivity index (χ1) is 8.15. The SMILES string of the molecule is CCOC(=O)CC#Cc1cc(F)cc(OC)c1. The average Bonchev–Trinajstić information content (AvgIpc) is 2.28. The number of esters is 1. The van der Waals surface area contributed by atoms with Crippen molar-refractivity contribution in [1.82, 2.24) is 0 Å². The summed E-state index contributed by atoms with van der Waals surface area (Å²) in [5, 5.41) is 0. The van der Waals surface area contributed by atoms with E-state index in [1.54, 1.807) is 13.0 Å². The van der Waals surface area contributed by atoms with E-state index in [9.17, 15) is 9.18 Å². The molecule has 0 bridgehead atoms. The van der Waals surface area contributed by atoms with E-state index in [-0.39, 0.29) is 12.4 Å². The van der Waals surface area contributed by atoms with E-state index in [0.717, 1.165) is 0 Å². The molecule has 0 radical (unpaired) electrons. The first-order valence-electron chi connectivity index (χ1n) is 5.14. The van der Waals surface area contributed by atoms with Crippen LogP contribution in [0.1, 0.15) is 18.9 Å². The lowest BCUT2D eigenvalue weighted by molar-refractivity contribution is -0.141. The summed E-state index contributed by atoms with van der Waals surface area (Å²) in [5.41, 5.74) is 0.464. The summed E-state index contributed by atoms with van der Waals surface area (Å²) >= 11 is 0. The van der Waals surface area contributed by atoms with Crippen LogP contribution in [0.4, 0.5) is 4.39 Å². The van der Waals surface area contributed by atoms with E-state index in [4.69, 9.17) is 9.47 Å². The van der Waals surface area contributed by atoms with Gasteiger partial charge in [0.25, 0.3) is 0 Å². The number of benzene rings is 1. The van der Waals surface area contributed by atoms with Crippen molar-refractivity contribution in [3.8, 4) is 17.6 Å². The van der Waals surface area contributed by atoms with Gasteiger partial charge in [-0.2, -0.15) is 0 Å². The van der Waals surface area contributed by atoms with Crippen LogP contribution in [0, 0.1) is 17.7 Å². The lowest BCUT2D eigenvalue weighted by Gasteiger charge is -2.00.